The van der Waals surface area contributed by atoms with Crippen LogP contribution < -0.4 is 5.32 Å². The van der Waals surface area contributed by atoms with Crippen LogP contribution in [0.4, 0.5) is 5.88 Å². The topological polar surface area (TPSA) is 72.2 Å². The van der Waals surface area contributed by atoms with Crippen LogP contribution in [-0.2, 0) is 9.84 Å². The number of nitrogens with zero attached hydrogens (tertiary/aromatic N) is 1. The Morgan fingerprint density at radius 2 is 1.64 bits per heavy atom. The van der Waals surface area contributed by atoms with E-state index < -0.39 is 9.84 Å². The quantitative estimate of drug-likeness (QED) is 0.633. The molecular formula is C16H11Cl3N2O3S. The summed E-state index contributed by atoms with van der Waals surface area (Å²) in [6, 6.07) is 10.5. The van der Waals surface area contributed by atoms with Gasteiger partial charge in [0.1, 0.15) is 0 Å². The number of oxazole rings is 1. The summed E-state index contributed by atoms with van der Waals surface area (Å²) in [7, 11) is -2.37. The third kappa shape index (κ3) is 3.48. The molecule has 0 bridgehead atoms. The van der Waals surface area contributed by atoms with Gasteiger partial charge in [0, 0.05) is 17.1 Å². The molecule has 0 saturated carbocycles. The maximum Gasteiger partial charge on any atom is 0.233 e. The number of halogens is 3. The van der Waals surface area contributed by atoms with Gasteiger partial charge in [-0.25, -0.2) is 8.42 Å². The molecule has 130 valence electrons. The van der Waals surface area contributed by atoms with Gasteiger partial charge in [-0.3, -0.25) is 0 Å². The minimum Gasteiger partial charge on any atom is -0.419 e. The van der Waals surface area contributed by atoms with Crippen LogP contribution in [0.1, 0.15) is 0 Å². The molecule has 1 heterocycles. The molecular weight excluding hydrogens is 407 g/mol. The molecule has 0 saturated heterocycles. The second-order valence-electron chi connectivity index (χ2n) is 4.98. The Labute approximate surface area is 159 Å². The van der Waals surface area contributed by atoms with Gasteiger partial charge in [-0.05, 0) is 42.5 Å². The molecule has 25 heavy (non-hydrogen) atoms. The molecule has 2 aromatic carbocycles. The average molecular weight is 418 g/mol. The lowest BCUT2D eigenvalue weighted by molar-refractivity contribution is 0.580. The van der Waals surface area contributed by atoms with Crippen molar-refractivity contribution in [3.8, 4) is 11.5 Å². The van der Waals surface area contributed by atoms with Crippen LogP contribution in [0.15, 0.2) is 56.8 Å². The molecule has 0 atom stereocenters. The van der Waals surface area contributed by atoms with Crippen molar-refractivity contribution in [1.82, 2.24) is 4.98 Å². The van der Waals surface area contributed by atoms with Gasteiger partial charge in [0.2, 0.25) is 26.6 Å². The number of sulfone groups is 1. The number of hydrogen-bond acceptors (Lipinski definition) is 5. The van der Waals surface area contributed by atoms with Crippen molar-refractivity contribution in [2.45, 2.75) is 9.92 Å². The van der Waals surface area contributed by atoms with E-state index in [0.717, 1.165) is 0 Å². The van der Waals surface area contributed by atoms with Crippen molar-refractivity contribution in [2.24, 2.45) is 0 Å². The molecule has 5 nitrogen and oxygen atoms in total. The molecule has 0 radical (unpaired) electrons. The summed E-state index contributed by atoms with van der Waals surface area (Å²) in [5.74, 6) is 0.0783. The number of anilines is 1. The van der Waals surface area contributed by atoms with E-state index in [2.05, 4.69) is 10.3 Å². The van der Waals surface area contributed by atoms with E-state index in [9.17, 15) is 8.42 Å². The highest BCUT2D eigenvalue weighted by Crippen LogP contribution is 2.35. The fourth-order valence-corrected chi connectivity index (χ4v) is 4.07. The van der Waals surface area contributed by atoms with Crippen molar-refractivity contribution in [1.29, 1.82) is 0 Å². The van der Waals surface area contributed by atoms with Crippen LogP contribution >= 0.6 is 34.8 Å². The lowest BCUT2D eigenvalue weighted by Gasteiger charge is -2.02. The van der Waals surface area contributed by atoms with Crippen LogP contribution in [0.2, 0.25) is 15.1 Å². The number of rotatable bonds is 4. The van der Waals surface area contributed by atoms with Crippen LogP contribution in [-0.4, -0.2) is 20.4 Å². The Balaban J connectivity index is 2.14. The summed E-state index contributed by atoms with van der Waals surface area (Å²) in [6.07, 6.45) is 0. The molecule has 0 aliphatic carbocycles. The van der Waals surface area contributed by atoms with Crippen LogP contribution in [0, 0.1) is 0 Å². The van der Waals surface area contributed by atoms with Gasteiger partial charge in [0.15, 0.2) is 0 Å². The number of aromatic nitrogens is 1. The van der Waals surface area contributed by atoms with E-state index in [-0.39, 0.29) is 21.7 Å². The van der Waals surface area contributed by atoms with Crippen molar-refractivity contribution < 1.29 is 12.8 Å². The minimum absolute atomic E-state index is 0.0102. The highest BCUT2D eigenvalue weighted by atomic mass is 35.5. The fourth-order valence-electron chi connectivity index (χ4n) is 2.15. The molecule has 9 heteroatoms. The van der Waals surface area contributed by atoms with Gasteiger partial charge in [-0.2, -0.15) is 4.98 Å². The molecule has 0 amide bonds. The fraction of sp³-hybridized carbons (Fsp3) is 0.0625. The monoisotopic (exact) mass is 416 g/mol. The van der Waals surface area contributed by atoms with E-state index in [1.807, 2.05) is 0 Å². The maximum atomic E-state index is 12.8. The Morgan fingerprint density at radius 1 is 1.00 bits per heavy atom. The lowest BCUT2D eigenvalue weighted by atomic mass is 10.2. The molecule has 1 aromatic heterocycles. The first-order valence-electron chi connectivity index (χ1n) is 6.97. The molecule has 0 spiro atoms. The maximum absolute atomic E-state index is 12.8. The summed E-state index contributed by atoms with van der Waals surface area (Å²) in [5, 5.41) is 3.64. The predicted molar refractivity (Wildman–Crippen MR) is 98.4 cm³/mol. The van der Waals surface area contributed by atoms with Crippen molar-refractivity contribution in [3.05, 3.63) is 57.5 Å². The summed E-state index contributed by atoms with van der Waals surface area (Å²) in [5.41, 5.74) is 0.431. The van der Waals surface area contributed by atoms with Crippen molar-refractivity contribution >= 4 is 50.5 Å². The molecule has 3 rings (SSSR count). The zero-order chi connectivity index (χ0) is 18.2. The van der Waals surface area contributed by atoms with Gasteiger partial charge in [0.25, 0.3) is 0 Å². The van der Waals surface area contributed by atoms with Crippen molar-refractivity contribution in [2.75, 3.05) is 12.4 Å². The summed E-state index contributed by atoms with van der Waals surface area (Å²) >= 11 is 17.8. The Morgan fingerprint density at radius 3 is 2.24 bits per heavy atom. The highest BCUT2D eigenvalue weighted by molar-refractivity contribution is 7.91. The Bertz CT molecular complexity index is 1030. The second kappa shape index (κ2) is 6.88. The molecule has 0 unspecified atom stereocenters. The minimum atomic E-state index is -3.90. The Kier molecular flexibility index (Phi) is 4.97. The predicted octanol–water partition coefficient (Wildman–Crippen LogP) is 5.18. The zero-order valence-electron chi connectivity index (χ0n) is 12.8. The lowest BCUT2D eigenvalue weighted by Crippen LogP contribution is -2.05. The van der Waals surface area contributed by atoms with Gasteiger partial charge in [-0.1, -0.05) is 34.8 Å². The van der Waals surface area contributed by atoms with Gasteiger partial charge < -0.3 is 9.73 Å². The average Bonchev–Trinajstić information content (AvgIpc) is 3.00. The summed E-state index contributed by atoms with van der Waals surface area (Å²) in [6.45, 7) is 0. The van der Waals surface area contributed by atoms with E-state index in [0.29, 0.717) is 20.6 Å². The van der Waals surface area contributed by atoms with Crippen LogP contribution in [0.3, 0.4) is 0 Å². The smallest absolute Gasteiger partial charge is 0.233 e. The number of hydrogen-bond donors (Lipinski definition) is 1. The molecule has 0 fully saturated rings. The third-order valence-electron chi connectivity index (χ3n) is 3.36. The Hall–Kier alpha value is -1.73. The zero-order valence-corrected chi connectivity index (χ0v) is 15.8. The first-order chi connectivity index (χ1) is 11.8. The number of benzene rings is 2. The summed E-state index contributed by atoms with van der Waals surface area (Å²) in [4.78, 5) is 4.19. The van der Waals surface area contributed by atoms with Gasteiger partial charge in [0.05, 0.1) is 15.5 Å². The molecule has 1 N–H and O–H groups in total. The molecule has 0 aliphatic heterocycles. The first-order valence-corrected chi connectivity index (χ1v) is 9.59. The third-order valence-corrected chi connectivity index (χ3v) is 5.84. The van der Waals surface area contributed by atoms with Crippen LogP contribution in [0.25, 0.3) is 11.5 Å². The SMILES string of the molecule is CNc1oc(-c2ccc(Cl)cc2Cl)nc1S(=O)(=O)c1ccc(Cl)cc1. The second-order valence-corrected chi connectivity index (χ2v) is 8.13. The van der Waals surface area contributed by atoms with E-state index in [1.165, 1.54) is 37.4 Å². The van der Waals surface area contributed by atoms with E-state index >= 15 is 0 Å². The normalized spacial score (nSPS) is 11.5. The van der Waals surface area contributed by atoms with Crippen LogP contribution in [0.5, 0.6) is 0 Å². The standard InChI is InChI=1S/C16H11Cl3N2O3S/c1-20-15-16(25(22,23)11-5-2-9(17)3-6-11)21-14(24-15)12-7-4-10(18)8-13(12)19/h2-8,20H,1H3. The highest BCUT2D eigenvalue weighted by Gasteiger charge is 2.28. The van der Waals surface area contributed by atoms with Gasteiger partial charge >= 0.3 is 0 Å². The molecule has 0 aliphatic rings. The number of nitrogens with one attached hydrogen (secondary N) is 1. The first kappa shape index (κ1) is 18.1. The molecule has 3 aromatic rings. The van der Waals surface area contributed by atoms with E-state index in [4.69, 9.17) is 39.2 Å². The van der Waals surface area contributed by atoms with E-state index in [1.54, 1.807) is 12.1 Å². The van der Waals surface area contributed by atoms with Gasteiger partial charge in [-0.15, -0.1) is 0 Å². The van der Waals surface area contributed by atoms with Crippen molar-refractivity contribution in [3.63, 3.8) is 0 Å². The summed E-state index contributed by atoms with van der Waals surface area (Å²) < 4.78 is 31.2. The largest absolute Gasteiger partial charge is 0.419 e.